The second-order valence-corrected chi connectivity index (χ2v) is 6.16. The second kappa shape index (κ2) is 7.62. The number of nitriles is 1. The molecule has 1 aromatic heterocycles. The average molecular weight is 319 g/mol. The standard InChI is InChI=1S/C17H25N3O3/c1-4-15(21)14-7-5-6-8-20(14)10-16(22)19-17-13(9-18)11(2)12(3)23-17/h14-15,21H,4-8,10H2,1-3H3,(H,19,22). The number of hydrogen-bond acceptors (Lipinski definition) is 5. The van der Waals surface area contributed by atoms with Crippen molar-refractivity contribution in [2.75, 3.05) is 18.4 Å². The van der Waals surface area contributed by atoms with Crippen LogP contribution in [0, 0.1) is 25.2 Å². The highest BCUT2D eigenvalue weighted by Gasteiger charge is 2.29. The third-order valence-corrected chi connectivity index (χ3v) is 4.62. The fourth-order valence-corrected chi connectivity index (χ4v) is 3.12. The Morgan fingerprint density at radius 2 is 2.26 bits per heavy atom. The monoisotopic (exact) mass is 319 g/mol. The van der Waals surface area contributed by atoms with Crippen molar-refractivity contribution in [2.24, 2.45) is 0 Å². The van der Waals surface area contributed by atoms with Crippen LogP contribution >= 0.6 is 0 Å². The molecule has 2 atom stereocenters. The predicted octanol–water partition coefficient (Wildman–Crippen LogP) is 2.33. The summed E-state index contributed by atoms with van der Waals surface area (Å²) < 4.78 is 5.47. The zero-order valence-electron chi connectivity index (χ0n) is 14.1. The van der Waals surface area contributed by atoms with Crippen LogP contribution in [0.1, 0.15) is 49.5 Å². The lowest BCUT2D eigenvalue weighted by molar-refractivity contribution is -0.119. The number of anilines is 1. The zero-order valence-corrected chi connectivity index (χ0v) is 14.1. The molecule has 1 amide bonds. The van der Waals surface area contributed by atoms with Crippen molar-refractivity contribution in [3.05, 3.63) is 16.9 Å². The van der Waals surface area contributed by atoms with E-state index < -0.39 is 6.10 Å². The van der Waals surface area contributed by atoms with Crippen molar-refractivity contribution < 1.29 is 14.3 Å². The largest absolute Gasteiger partial charge is 0.444 e. The van der Waals surface area contributed by atoms with Crippen molar-refractivity contribution >= 4 is 11.8 Å². The van der Waals surface area contributed by atoms with Crippen molar-refractivity contribution in [1.29, 1.82) is 5.26 Å². The lowest BCUT2D eigenvalue weighted by Gasteiger charge is -2.37. The van der Waals surface area contributed by atoms with Gasteiger partial charge in [0.05, 0.1) is 12.6 Å². The molecule has 0 spiro atoms. The molecule has 6 nitrogen and oxygen atoms in total. The minimum Gasteiger partial charge on any atom is -0.444 e. The minimum absolute atomic E-state index is 0.0232. The van der Waals surface area contributed by atoms with Gasteiger partial charge in [0.2, 0.25) is 11.8 Å². The predicted molar refractivity (Wildman–Crippen MR) is 87.0 cm³/mol. The van der Waals surface area contributed by atoms with Crippen LogP contribution in [0.5, 0.6) is 0 Å². The normalized spacial score (nSPS) is 20.0. The molecule has 0 aliphatic carbocycles. The van der Waals surface area contributed by atoms with E-state index in [4.69, 9.17) is 4.42 Å². The summed E-state index contributed by atoms with van der Waals surface area (Å²) in [5, 5.41) is 22.0. The Morgan fingerprint density at radius 1 is 1.52 bits per heavy atom. The highest BCUT2D eigenvalue weighted by atomic mass is 16.4. The zero-order chi connectivity index (χ0) is 17.0. The summed E-state index contributed by atoms with van der Waals surface area (Å²) in [5.41, 5.74) is 1.12. The van der Waals surface area contributed by atoms with Gasteiger partial charge in [0.25, 0.3) is 0 Å². The number of nitrogens with zero attached hydrogens (tertiary/aromatic N) is 2. The van der Waals surface area contributed by atoms with Crippen LogP contribution in [0.2, 0.25) is 0 Å². The van der Waals surface area contributed by atoms with Gasteiger partial charge in [-0.05, 0) is 39.7 Å². The number of furan rings is 1. The molecule has 0 radical (unpaired) electrons. The Morgan fingerprint density at radius 3 is 2.91 bits per heavy atom. The Balaban J connectivity index is 2.04. The van der Waals surface area contributed by atoms with Gasteiger partial charge in [-0.15, -0.1) is 0 Å². The molecule has 23 heavy (non-hydrogen) atoms. The van der Waals surface area contributed by atoms with Gasteiger partial charge in [-0.25, -0.2) is 0 Å². The summed E-state index contributed by atoms with van der Waals surface area (Å²) in [4.78, 5) is 14.4. The van der Waals surface area contributed by atoms with Crippen LogP contribution in [-0.2, 0) is 4.79 Å². The number of aliphatic hydroxyl groups excluding tert-OH is 1. The number of rotatable bonds is 5. The number of aryl methyl sites for hydroxylation is 1. The number of nitrogens with one attached hydrogen (secondary N) is 1. The molecule has 1 aliphatic heterocycles. The van der Waals surface area contributed by atoms with E-state index in [0.29, 0.717) is 17.7 Å². The van der Waals surface area contributed by atoms with Crippen molar-refractivity contribution in [3.8, 4) is 6.07 Å². The molecular formula is C17H25N3O3. The van der Waals surface area contributed by atoms with Crippen LogP contribution in [0.3, 0.4) is 0 Å². The lowest BCUT2D eigenvalue weighted by Crippen LogP contribution is -2.49. The molecule has 6 heteroatoms. The number of hydrogen-bond donors (Lipinski definition) is 2. The van der Waals surface area contributed by atoms with Crippen LogP contribution in [-0.4, -0.2) is 41.1 Å². The third-order valence-electron chi connectivity index (χ3n) is 4.62. The Kier molecular flexibility index (Phi) is 5.80. The molecule has 0 bridgehead atoms. The molecular weight excluding hydrogens is 294 g/mol. The maximum atomic E-state index is 12.3. The Hall–Kier alpha value is -1.84. The van der Waals surface area contributed by atoms with Gasteiger partial charge in [0.15, 0.2) is 0 Å². The van der Waals surface area contributed by atoms with Crippen LogP contribution in [0.4, 0.5) is 5.88 Å². The first-order chi connectivity index (χ1) is 11.0. The number of aliphatic hydroxyl groups is 1. The molecule has 2 rings (SSSR count). The van der Waals surface area contributed by atoms with E-state index in [9.17, 15) is 15.2 Å². The number of likely N-dealkylation sites (tertiary alicyclic amines) is 1. The molecule has 0 saturated carbocycles. The van der Waals surface area contributed by atoms with Crippen molar-refractivity contribution in [3.63, 3.8) is 0 Å². The van der Waals surface area contributed by atoms with Gasteiger partial charge in [-0.1, -0.05) is 13.3 Å². The van der Waals surface area contributed by atoms with Gasteiger partial charge < -0.3 is 9.52 Å². The minimum atomic E-state index is -0.411. The number of carbonyl (C=O) groups excluding carboxylic acids is 1. The smallest absolute Gasteiger partial charge is 0.240 e. The summed E-state index contributed by atoms with van der Waals surface area (Å²) >= 11 is 0. The van der Waals surface area contributed by atoms with E-state index in [-0.39, 0.29) is 24.4 Å². The molecule has 0 aromatic carbocycles. The molecule has 1 fully saturated rings. The SMILES string of the molecule is CCC(O)C1CCCCN1CC(=O)Nc1oc(C)c(C)c1C#N. The number of carbonyl (C=O) groups is 1. The maximum absolute atomic E-state index is 12.3. The molecule has 1 aliphatic rings. The molecule has 2 unspecified atom stereocenters. The second-order valence-electron chi connectivity index (χ2n) is 6.16. The van der Waals surface area contributed by atoms with E-state index in [1.165, 1.54) is 0 Å². The molecule has 2 N–H and O–H groups in total. The summed E-state index contributed by atoms with van der Waals surface area (Å²) in [6.45, 7) is 6.52. The summed E-state index contributed by atoms with van der Waals surface area (Å²) in [5.74, 6) is 0.636. The van der Waals surface area contributed by atoms with Crippen molar-refractivity contribution in [1.82, 2.24) is 4.90 Å². The van der Waals surface area contributed by atoms with E-state index in [0.717, 1.165) is 31.4 Å². The molecule has 126 valence electrons. The average Bonchev–Trinajstić information content (AvgIpc) is 2.80. The molecule has 2 heterocycles. The summed E-state index contributed by atoms with van der Waals surface area (Å²) in [7, 11) is 0. The van der Waals surface area contributed by atoms with Gasteiger partial charge in [-0.2, -0.15) is 5.26 Å². The van der Waals surface area contributed by atoms with E-state index in [1.54, 1.807) is 13.8 Å². The fourth-order valence-electron chi connectivity index (χ4n) is 3.12. The topological polar surface area (TPSA) is 89.5 Å². The van der Waals surface area contributed by atoms with E-state index in [2.05, 4.69) is 11.4 Å². The van der Waals surface area contributed by atoms with E-state index >= 15 is 0 Å². The quantitative estimate of drug-likeness (QED) is 0.869. The highest BCUT2D eigenvalue weighted by molar-refractivity contribution is 5.92. The molecule has 1 saturated heterocycles. The van der Waals surface area contributed by atoms with Gasteiger partial charge in [0, 0.05) is 11.6 Å². The van der Waals surface area contributed by atoms with E-state index in [1.807, 2.05) is 11.8 Å². The van der Waals surface area contributed by atoms with Crippen LogP contribution in [0.15, 0.2) is 4.42 Å². The van der Waals surface area contributed by atoms with Crippen molar-refractivity contribution in [2.45, 2.75) is 58.6 Å². The number of amides is 1. The molecule has 1 aromatic rings. The Bertz CT molecular complexity index is 603. The fraction of sp³-hybridized carbons (Fsp3) is 0.647. The lowest BCUT2D eigenvalue weighted by atomic mass is 9.96. The first-order valence-corrected chi connectivity index (χ1v) is 8.20. The highest BCUT2D eigenvalue weighted by Crippen LogP contribution is 2.26. The first kappa shape index (κ1) is 17.5. The van der Waals surface area contributed by atoms with Gasteiger partial charge in [-0.3, -0.25) is 15.0 Å². The first-order valence-electron chi connectivity index (χ1n) is 8.20. The maximum Gasteiger partial charge on any atom is 0.240 e. The van der Waals surface area contributed by atoms with Gasteiger partial charge in [0.1, 0.15) is 17.4 Å². The third kappa shape index (κ3) is 3.92. The van der Waals surface area contributed by atoms with Crippen LogP contribution in [0.25, 0.3) is 0 Å². The number of piperidine rings is 1. The Labute approximate surface area is 137 Å². The summed E-state index contributed by atoms with van der Waals surface area (Å²) in [6.07, 6.45) is 3.28. The van der Waals surface area contributed by atoms with Gasteiger partial charge >= 0.3 is 0 Å². The summed E-state index contributed by atoms with van der Waals surface area (Å²) in [6, 6.07) is 2.09. The van der Waals surface area contributed by atoms with Crippen LogP contribution < -0.4 is 5.32 Å².